The Labute approximate surface area is 191 Å². The maximum atomic E-state index is 12.5. The summed E-state index contributed by atoms with van der Waals surface area (Å²) in [4.78, 5) is 12.3. The lowest BCUT2D eigenvalue weighted by atomic mass is 9.95. The highest BCUT2D eigenvalue weighted by molar-refractivity contribution is 7.89. The third-order valence-corrected chi connectivity index (χ3v) is 6.60. The number of fused-ring (bicyclic) bond motifs is 1. The van der Waals surface area contributed by atoms with Crippen LogP contribution in [-0.2, 0) is 39.1 Å². The van der Waals surface area contributed by atoms with Crippen molar-refractivity contribution in [3.05, 3.63) is 88.4 Å². The molecule has 4 rings (SSSR count). The molecule has 0 aliphatic carbocycles. The fraction of sp³-hybridized carbons (Fsp3) is 0.174. The van der Waals surface area contributed by atoms with E-state index in [-0.39, 0.29) is 22.5 Å². The SMILES string of the molecule is NS(=O)(=O)c1cc(Nc2ccc3c(c2)CN[C@H](C(=O)OCc2ccccc2)C3)ccc1Cl. The smallest absolute Gasteiger partial charge is 0.323 e. The van der Waals surface area contributed by atoms with Crippen LogP contribution < -0.4 is 15.8 Å². The molecule has 0 amide bonds. The van der Waals surface area contributed by atoms with E-state index in [1.165, 1.54) is 12.1 Å². The van der Waals surface area contributed by atoms with Crippen molar-refractivity contribution >= 4 is 39.0 Å². The molecule has 0 saturated carbocycles. The molecule has 0 unspecified atom stereocenters. The van der Waals surface area contributed by atoms with Crippen LogP contribution in [0.25, 0.3) is 0 Å². The summed E-state index contributed by atoms with van der Waals surface area (Å²) in [6.45, 7) is 0.758. The molecule has 0 radical (unpaired) electrons. The first kappa shape index (κ1) is 22.3. The summed E-state index contributed by atoms with van der Waals surface area (Å²) in [6.07, 6.45) is 0.528. The fourth-order valence-electron chi connectivity index (χ4n) is 3.55. The average molecular weight is 472 g/mol. The summed E-state index contributed by atoms with van der Waals surface area (Å²) < 4.78 is 28.8. The zero-order chi connectivity index (χ0) is 22.7. The Bertz CT molecular complexity index is 1250. The Kier molecular flexibility index (Phi) is 6.48. The van der Waals surface area contributed by atoms with Crippen LogP contribution in [0.5, 0.6) is 0 Å². The van der Waals surface area contributed by atoms with Gasteiger partial charge in [0.2, 0.25) is 10.0 Å². The Morgan fingerprint density at radius 2 is 1.78 bits per heavy atom. The molecule has 1 aliphatic heterocycles. The number of halogens is 1. The standard InChI is InChI=1S/C23H22ClN3O4S/c24-20-9-8-19(12-22(20)32(25,29)30)27-18-7-6-16-11-21(26-13-17(16)10-18)23(28)31-14-15-4-2-1-3-5-15/h1-10,12,21,26-27H,11,13-14H2,(H2,25,29,30)/t21-/m0/s1. The van der Waals surface area contributed by atoms with Crippen molar-refractivity contribution in [3.63, 3.8) is 0 Å². The van der Waals surface area contributed by atoms with E-state index < -0.39 is 16.1 Å². The van der Waals surface area contributed by atoms with Gasteiger partial charge in [-0.25, -0.2) is 13.6 Å². The minimum Gasteiger partial charge on any atom is -0.460 e. The number of ether oxygens (including phenoxy) is 1. The van der Waals surface area contributed by atoms with Crippen molar-refractivity contribution in [1.29, 1.82) is 0 Å². The van der Waals surface area contributed by atoms with Gasteiger partial charge in [0.1, 0.15) is 17.5 Å². The number of sulfonamides is 1. The zero-order valence-corrected chi connectivity index (χ0v) is 18.6. The normalized spacial score (nSPS) is 15.6. The van der Waals surface area contributed by atoms with Crippen LogP contribution in [0.1, 0.15) is 16.7 Å². The predicted octanol–water partition coefficient (Wildman–Crippen LogP) is 3.49. The molecular formula is C23H22ClN3O4S. The van der Waals surface area contributed by atoms with Crippen LogP contribution >= 0.6 is 11.6 Å². The van der Waals surface area contributed by atoms with Crippen LogP contribution in [0.4, 0.5) is 11.4 Å². The minimum absolute atomic E-state index is 0.0675. The highest BCUT2D eigenvalue weighted by Crippen LogP contribution is 2.28. The fourth-order valence-corrected chi connectivity index (χ4v) is 4.63. The first-order valence-corrected chi connectivity index (χ1v) is 11.9. The third kappa shape index (κ3) is 5.28. The first-order chi connectivity index (χ1) is 15.3. The summed E-state index contributed by atoms with van der Waals surface area (Å²) in [6, 6.07) is 19.5. The summed E-state index contributed by atoms with van der Waals surface area (Å²) in [5.41, 5.74) is 4.36. The van der Waals surface area contributed by atoms with E-state index in [2.05, 4.69) is 10.6 Å². The van der Waals surface area contributed by atoms with Gasteiger partial charge in [0.25, 0.3) is 0 Å². The summed E-state index contributed by atoms with van der Waals surface area (Å²) in [5, 5.41) is 11.7. The molecule has 32 heavy (non-hydrogen) atoms. The minimum atomic E-state index is -3.93. The van der Waals surface area contributed by atoms with E-state index in [0.717, 1.165) is 22.4 Å². The lowest BCUT2D eigenvalue weighted by Gasteiger charge is -2.25. The topological polar surface area (TPSA) is 111 Å². The largest absolute Gasteiger partial charge is 0.460 e. The number of nitrogens with two attached hydrogens (primary N) is 1. The molecule has 7 nitrogen and oxygen atoms in total. The molecule has 0 spiro atoms. The first-order valence-electron chi connectivity index (χ1n) is 9.95. The van der Waals surface area contributed by atoms with Crippen molar-refractivity contribution in [1.82, 2.24) is 5.32 Å². The van der Waals surface area contributed by atoms with Crippen molar-refractivity contribution in [3.8, 4) is 0 Å². The van der Waals surface area contributed by atoms with E-state index in [0.29, 0.717) is 18.7 Å². The highest BCUT2D eigenvalue weighted by Gasteiger charge is 2.25. The van der Waals surface area contributed by atoms with Crippen LogP contribution in [0.15, 0.2) is 71.6 Å². The predicted molar refractivity (Wildman–Crippen MR) is 123 cm³/mol. The molecule has 4 N–H and O–H groups in total. The van der Waals surface area contributed by atoms with Gasteiger partial charge in [-0.3, -0.25) is 4.79 Å². The van der Waals surface area contributed by atoms with Gasteiger partial charge in [-0.1, -0.05) is 48.0 Å². The average Bonchev–Trinajstić information content (AvgIpc) is 2.78. The monoisotopic (exact) mass is 471 g/mol. The number of primary sulfonamides is 1. The van der Waals surface area contributed by atoms with Crippen LogP contribution in [0.2, 0.25) is 5.02 Å². The number of hydrogen-bond donors (Lipinski definition) is 3. The Hall–Kier alpha value is -2.91. The van der Waals surface area contributed by atoms with E-state index in [1.807, 2.05) is 48.5 Å². The molecule has 1 heterocycles. The lowest BCUT2D eigenvalue weighted by molar-refractivity contribution is -0.147. The van der Waals surface area contributed by atoms with Crippen LogP contribution in [0.3, 0.4) is 0 Å². The van der Waals surface area contributed by atoms with Gasteiger partial charge in [-0.2, -0.15) is 0 Å². The van der Waals surface area contributed by atoms with Gasteiger partial charge in [0, 0.05) is 17.9 Å². The van der Waals surface area contributed by atoms with E-state index in [1.54, 1.807) is 6.07 Å². The van der Waals surface area contributed by atoms with Gasteiger partial charge in [0.05, 0.1) is 5.02 Å². The van der Waals surface area contributed by atoms with Gasteiger partial charge in [0.15, 0.2) is 0 Å². The van der Waals surface area contributed by atoms with Gasteiger partial charge in [-0.05, 0) is 53.4 Å². The molecule has 3 aromatic rings. The number of nitrogens with one attached hydrogen (secondary N) is 2. The number of anilines is 2. The van der Waals surface area contributed by atoms with E-state index in [4.69, 9.17) is 21.5 Å². The molecule has 0 fully saturated rings. The number of carbonyl (C=O) groups is 1. The van der Waals surface area contributed by atoms with E-state index >= 15 is 0 Å². The van der Waals surface area contributed by atoms with Crippen LogP contribution in [-0.4, -0.2) is 20.4 Å². The molecule has 1 aliphatic rings. The van der Waals surface area contributed by atoms with Crippen molar-refractivity contribution in [2.45, 2.75) is 30.5 Å². The molecule has 9 heteroatoms. The number of hydrogen-bond acceptors (Lipinski definition) is 6. The molecule has 166 valence electrons. The molecule has 0 bridgehead atoms. The van der Waals surface area contributed by atoms with Gasteiger partial charge < -0.3 is 15.4 Å². The highest BCUT2D eigenvalue weighted by atomic mass is 35.5. The zero-order valence-electron chi connectivity index (χ0n) is 17.0. The summed E-state index contributed by atoms with van der Waals surface area (Å²) >= 11 is 5.94. The second-order valence-corrected chi connectivity index (χ2v) is 9.47. The summed E-state index contributed by atoms with van der Waals surface area (Å²) in [5.74, 6) is -0.279. The second kappa shape index (κ2) is 9.30. The third-order valence-electron chi connectivity index (χ3n) is 5.20. The Morgan fingerprint density at radius 3 is 2.53 bits per heavy atom. The molecule has 1 atom stereocenters. The molecule has 0 saturated heterocycles. The quantitative estimate of drug-likeness (QED) is 0.474. The van der Waals surface area contributed by atoms with Crippen LogP contribution in [0, 0.1) is 0 Å². The van der Waals surface area contributed by atoms with Gasteiger partial charge in [-0.15, -0.1) is 0 Å². The van der Waals surface area contributed by atoms with Crippen molar-refractivity contribution < 1.29 is 17.9 Å². The van der Waals surface area contributed by atoms with Gasteiger partial charge >= 0.3 is 5.97 Å². The maximum absolute atomic E-state index is 12.5. The molecule has 3 aromatic carbocycles. The summed E-state index contributed by atoms with van der Waals surface area (Å²) in [7, 11) is -3.93. The maximum Gasteiger partial charge on any atom is 0.323 e. The van der Waals surface area contributed by atoms with Crippen molar-refractivity contribution in [2.24, 2.45) is 5.14 Å². The number of rotatable bonds is 6. The Balaban J connectivity index is 1.42. The number of esters is 1. The number of benzene rings is 3. The van der Waals surface area contributed by atoms with E-state index in [9.17, 15) is 13.2 Å². The molecular weight excluding hydrogens is 450 g/mol. The lowest BCUT2D eigenvalue weighted by Crippen LogP contribution is -2.42. The second-order valence-electron chi connectivity index (χ2n) is 7.53. The Morgan fingerprint density at radius 1 is 1.06 bits per heavy atom. The number of carbonyl (C=O) groups excluding carboxylic acids is 1. The van der Waals surface area contributed by atoms with Crippen molar-refractivity contribution in [2.75, 3.05) is 5.32 Å². The molecule has 0 aromatic heterocycles.